The lowest BCUT2D eigenvalue weighted by molar-refractivity contribution is 0.145. The molecule has 5 nitrogen and oxygen atoms in total. The summed E-state index contributed by atoms with van der Waals surface area (Å²) in [5.41, 5.74) is 0. The molecule has 0 saturated heterocycles. The number of carbonyl (C=O) groups is 1. The van der Waals surface area contributed by atoms with Crippen molar-refractivity contribution in [1.29, 1.82) is 0 Å². The smallest absolute Gasteiger partial charge is 0.317 e. The maximum Gasteiger partial charge on any atom is 0.317 e. The number of nitrogens with zero attached hydrogens (tertiary/aromatic N) is 1. The summed E-state index contributed by atoms with van der Waals surface area (Å²) in [6.45, 7) is 4.31. The summed E-state index contributed by atoms with van der Waals surface area (Å²) < 4.78 is 23.2. The van der Waals surface area contributed by atoms with E-state index in [1.807, 2.05) is 6.92 Å². The van der Waals surface area contributed by atoms with Gasteiger partial charge in [-0.05, 0) is 31.2 Å². The van der Waals surface area contributed by atoms with Crippen LogP contribution >= 0.6 is 0 Å². The van der Waals surface area contributed by atoms with E-state index >= 15 is 0 Å². The molecule has 0 spiro atoms. The highest BCUT2D eigenvalue weighted by Crippen LogP contribution is 2.10. The lowest BCUT2D eigenvalue weighted by Crippen LogP contribution is -2.40. The maximum absolute atomic E-state index is 12.7. The number of likely N-dealkylation sites (N-methyl/N-ethyl adjacent to an activating group) is 1. The van der Waals surface area contributed by atoms with Crippen molar-refractivity contribution >= 4 is 6.03 Å². The molecule has 0 heterocycles. The van der Waals surface area contributed by atoms with E-state index in [1.165, 1.54) is 17.0 Å². The highest BCUT2D eigenvalue weighted by molar-refractivity contribution is 5.73. The van der Waals surface area contributed by atoms with Crippen LogP contribution in [0.5, 0.6) is 5.75 Å². The molecule has 112 valence electrons. The molecule has 0 radical (unpaired) electrons. The zero-order valence-corrected chi connectivity index (χ0v) is 11.9. The molecule has 0 aliphatic heterocycles. The van der Waals surface area contributed by atoms with Crippen LogP contribution in [0.15, 0.2) is 24.3 Å². The third kappa shape index (κ3) is 6.38. The van der Waals surface area contributed by atoms with Crippen molar-refractivity contribution in [2.75, 3.05) is 40.0 Å². The van der Waals surface area contributed by atoms with Gasteiger partial charge in [-0.25, -0.2) is 9.18 Å². The molecule has 0 atom stereocenters. The van der Waals surface area contributed by atoms with E-state index in [4.69, 9.17) is 9.47 Å². The van der Waals surface area contributed by atoms with Crippen molar-refractivity contribution in [3.05, 3.63) is 30.1 Å². The highest BCUT2D eigenvalue weighted by Gasteiger charge is 2.07. The minimum absolute atomic E-state index is 0.174. The molecule has 0 aliphatic carbocycles. The SMILES string of the molecule is CCOCCNC(=O)N(C)CCOc1ccc(F)cc1. The molecule has 0 saturated carbocycles. The lowest BCUT2D eigenvalue weighted by Gasteiger charge is -2.18. The van der Waals surface area contributed by atoms with Crippen LogP contribution in [0.4, 0.5) is 9.18 Å². The van der Waals surface area contributed by atoms with Gasteiger partial charge in [0.1, 0.15) is 18.2 Å². The summed E-state index contributed by atoms with van der Waals surface area (Å²) in [7, 11) is 1.68. The van der Waals surface area contributed by atoms with Crippen molar-refractivity contribution < 1.29 is 18.7 Å². The number of hydrogen-bond donors (Lipinski definition) is 1. The van der Waals surface area contributed by atoms with Crippen LogP contribution in [0.3, 0.4) is 0 Å². The van der Waals surface area contributed by atoms with E-state index in [1.54, 1.807) is 19.2 Å². The number of urea groups is 1. The Balaban J connectivity index is 2.17. The third-order valence-electron chi connectivity index (χ3n) is 2.58. The lowest BCUT2D eigenvalue weighted by atomic mass is 10.3. The Morgan fingerprint density at radius 2 is 2.00 bits per heavy atom. The molecular weight excluding hydrogens is 263 g/mol. The van der Waals surface area contributed by atoms with Crippen molar-refractivity contribution in [3.63, 3.8) is 0 Å². The molecule has 6 heteroatoms. The molecule has 1 N–H and O–H groups in total. The number of halogens is 1. The molecule has 20 heavy (non-hydrogen) atoms. The molecular formula is C14H21FN2O3. The van der Waals surface area contributed by atoms with Gasteiger partial charge < -0.3 is 19.7 Å². The van der Waals surface area contributed by atoms with Crippen LogP contribution in [0.1, 0.15) is 6.92 Å². The second-order valence-corrected chi connectivity index (χ2v) is 4.15. The number of ether oxygens (including phenoxy) is 2. The minimum atomic E-state index is -0.303. The maximum atomic E-state index is 12.7. The number of benzene rings is 1. The van der Waals surface area contributed by atoms with Gasteiger partial charge in [0.25, 0.3) is 0 Å². The van der Waals surface area contributed by atoms with Gasteiger partial charge in [-0.3, -0.25) is 0 Å². The van der Waals surface area contributed by atoms with E-state index in [9.17, 15) is 9.18 Å². The van der Waals surface area contributed by atoms with Gasteiger partial charge in [0.15, 0.2) is 0 Å². The molecule has 1 rings (SSSR count). The molecule has 1 aromatic carbocycles. The third-order valence-corrected chi connectivity index (χ3v) is 2.58. The first-order valence-electron chi connectivity index (χ1n) is 6.58. The van der Waals surface area contributed by atoms with Gasteiger partial charge in [0, 0.05) is 20.2 Å². The number of rotatable bonds is 8. The molecule has 0 aromatic heterocycles. The van der Waals surface area contributed by atoms with Gasteiger partial charge in [0.2, 0.25) is 0 Å². The van der Waals surface area contributed by atoms with E-state index in [0.717, 1.165) is 0 Å². The number of amides is 2. The summed E-state index contributed by atoms with van der Waals surface area (Å²) in [4.78, 5) is 13.2. The molecule has 0 aliphatic rings. The molecule has 1 aromatic rings. The van der Waals surface area contributed by atoms with Gasteiger partial charge in [0.05, 0.1) is 13.2 Å². The summed E-state index contributed by atoms with van der Waals surface area (Å²) in [5.74, 6) is 0.277. The van der Waals surface area contributed by atoms with Crippen LogP contribution in [0.25, 0.3) is 0 Å². The summed E-state index contributed by atoms with van der Waals surface area (Å²) in [6, 6.07) is 5.60. The van der Waals surface area contributed by atoms with Crippen molar-refractivity contribution in [2.45, 2.75) is 6.92 Å². The standard InChI is InChI=1S/C14H21FN2O3/c1-3-19-10-8-16-14(18)17(2)9-11-20-13-6-4-12(15)5-7-13/h4-7H,3,8-11H2,1-2H3,(H,16,18). The first kappa shape index (κ1) is 16.2. The van der Waals surface area contributed by atoms with Crippen molar-refractivity contribution in [2.24, 2.45) is 0 Å². The van der Waals surface area contributed by atoms with Crippen LogP contribution in [0.2, 0.25) is 0 Å². The van der Waals surface area contributed by atoms with Gasteiger partial charge in [-0.1, -0.05) is 0 Å². The van der Waals surface area contributed by atoms with Crippen LogP contribution in [-0.4, -0.2) is 50.9 Å². The molecule has 2 amide bonds. The Hall–Kier alpha value is -1.82. The summed E-state index contributed by atoms with van der Waals surface area (Å²) in [5, 5.41) is 2.73. The summed E-state index contributed by atoms with van der Waals surface area (Å²) >= 11 is 0. The normalized spacial score (nSPS) is 10.2. The Labute approximate surface area is 118 Å². The second-order valence-electron chi connectivity index (χ2n) is 4.15. The topological polar surface area (TPSA) is 50.8 Å². The zero-order chi connectivity index (χ0) is 14.8. The van der Waals surface area contributed by atoms with Gasteiger partial charge in [-0.2, -0.15) is 0 Å². The monoisotopic (exact) mass is 284 g/mol. The van der Waals surface area contributed by atoms with Gasteiger partial charge in [-0.15, -0.1) is 0 Å². The molecule has 0 unspecified atom stereocenters. The Bertz CT molecular complexity index is 398. The highest BCUT2D eigenvalue weighted by atomic mass is 19.1. The van der Waals surface area contributed by atoms with Crippen LogP contribution < -0.4 is 10.1 Å². The minimum Gasteiger partial charge on any atom is -0.492 e. The Morgan fingerprint density at radius 3 is 2.65 bits per heavy atom. The predicted octanol–water partition coefficient (Wildman–Crippen LogP) is 1.88. The fraction of sp³-hybridized carbons (Fsp3) is 0.500. The average molecular weight is 284 g/mol. The van der Waals surface area contributed by atoms with Crippen LogP contribution in [-0.2, 0) is 4.74 Å². The Morgan fingerprint density at radius 1 is 1.30 bits per heavy atom. The quantitative estimate of drug-likeness (QED) is 0.742. The van der Waals surface area contributed by atoms with E-state index < -0.39 is 0 Å². The average Bonchev–Trinajstić information content (AvgIpc) is 2.45. The molecule has 0 bridgehead atoms. The first-order valence-corrected chi connectivity index (χ1v) is 6.58. The van der Waals surface area contributed by atoms with E-state index in [-0.39, 0.29) is 11.8 Å². The van der Waals surface area contributed by atoms with Gasteiger partial charge >= 0.3 is 6.03 Å². The second kappa shape index (κ2) is 9.14. The fourth-order valence-corrected chi connectivity index (χ4v) is 1.44. The van der Waals surface area contributed by atoms with Crippen LogP contribution in [0, 0.1) is 5.82 Å². The predicted molar refractivity (Wildman–Crippen MR) is 74.4 cm³/mol. The van der Waals surface area contributed by atoms with E-state index in [2.05, 4.69) is 5.32 Å². The molecule has 0 fully saturated rings. The number of nitrogens with one attached hydrogen (secondary N) is 1. The Kier molecular flexibility index (Phi) is 7.42. The van der Waals surface area contributed by atoms with Crippen molar-refractivity contribution in [1.82, 2.24) is 10.2 Å². The number of hydrogen-bond acceptors (Lipinski definition) is 3. The zero-order valence-electron chi connectivity index (χ0n) is 11.9. The summed E-state index contributed by atoms with van der Waals surface area (Å²) in [6.07, 6.45) is 0. The van der Waals surface area contributed by atoms with Crippen molar-refractivity contribution in [3.8, 4) is 5.75 Å². The van der Waals surface area contributed by atoms with E-state index in [0.29, 0.717) is 38.7 Å². The first-order chi connectivity index (χ1) is 9.63. The number of carbonyl (C=O) groups excluding carboxylic acids is 1. The fourth-order valence-electron chi connectivity index (χ4n) is 1.44. The largest absolute Gasteiger partial charge is 0.492 e.